The molecular weight excluding hydrogens is 180 g/mol. The van der Waals surface area contributed by atoms with E-state index in [2.05, 4.69) is 25.8 Å². The maximum atomic E-state index is 4.23. The van der Waals surface area contributed by atoms with Gasteiger partial charge in [0.15, 0.2) is 5.96 Å². The highest BCUT2D eigenvalue weighted by Gasteiger charge is 2.03. The zero-order valence-electron chi connectivity index (χ0n) is 8.19. The Balaban J connectivity index is 1.75. The van der Waals surface area contributed by atoms with Gasteiger partial charge in [-0.3, -0.25) is 4.99 Å². The largest absolute Gasteiger partial charge is 0.355 e. The fraction of sp³-hybridized carbons (Fsp3) is 0.625. The number of aryl methyl sites for hydroxylation is 1. The summed E-state index contributed by atoms with van der Waals surface area (Å²) in [5, 5.41) is 14.1. The number of hydrogen-bond donors (Lipinski definition) is 2. The van der Waals surface area contributed by atoms with Crippen molar-refractivity contribution in [3.63, 3.8) is 0 Å². The fourth-order valence-corrected chi connectivity index (χ4v) is 1.34. The molecule has 6 heteroatoms. The van der Waals surface area contributed by atoms with E-state index in [0.717, 1.165) is 38.0 Å². The monoisotopic (exact) mass is 194 g/mol. The first-order valence-corrected chi connectivity index (χ1v) is 4.73. The van der Waals surface area contributed by atoms with Crippen molar-refractivity contribution in [3.05, 3.63) is 12.2 Å². The van der Waals surface area contributed by atoms with Gasteiger partial charge in [-0.1, -0.05) is 0 Å². The Morgan fingerprint density at radius 1 is 1.64 bits per heavy atom. The van der Waals surface area contributed by atoms with E-state index in [9.17, 15) is 0 Å². The van der Waals surface area contributed by atoms with Crippen LogP contribution in [0.1, 0.15) is 5.82 Å². The average Bonchev–Trinajstić information content (AvgIpc) is 2.78. The number of aromatic nitrogens is 3. The summed E-state index contributed by atoms with van der Waals surface area (Å²) >= 11 is 0. The molecule has 0 bridgehead atoms. The third-order valence-electron chi connectivity index (χ3n) is 2.13. The molecule has 0 radical (unpaired) electrons. The van der Waals surface area contributed by atoms with Gasteiger partial charge in [0.25, 0.3) is 0 Å². The zero-order chi connectivity index (χ0) is 9.80. The molecule has 0 aliphatic carbocycles. The first-order chi connectivity index (χ1) is 6.86. The molecule has 1 aliphatic heterocycles. The number of rotatable bonds is 3. The maximum Gasteiger partial charge on any atom is 0.191 e. The van der Waals surface area contributed by atoms with Crippen LogP contribution >= 0.6 is 0 Å². The lowest BCUT2D eigenvalue weighted by Crippen LogP contribution is -2.35. The van der Waals surface area contributed by atoms with E-state index in [-0.39, 0.29) is 0 Å². The van der Waals surface area contributed by atoms with Gasteiger partial charge in [-0.05, 0) is 6.92 Å². The van der Waals surface area contributed by atoms with Crippen LogP contribution < -0.4 is 10.6 Å². The average molecular weight is 194 g/mol. The predicted octanol–water partition coefficient (Wildman–Crippen LogP) is -0.865. The summed E-state index contributed by atoms with van der Waals surface area (Å²) in [7, 11) is 0. The van der Waals surface area contributed by atoms with Gasteiger partial charge in [0.2, 0.25) is 0 Å². The van der Waals surface area contributed by atoms with Gasteiger partial charge in [0.05, 0.1) is 6.54 Å². The summed E-state index contributed by atoms with van der Waals surface area (Å²) in [6.45, 7) is 5.45. The minimum absolute atomic E-state index is 0.838. The van der Waals surface area contributed by atoms with Crippen molar-refractivity contribution in [1.82, 2.24) is 25.4 Å². The molecule has 2 N–H and O–H groups in total. The molecule has 14 heavy (non-hydrogen) atoms. The summed E-state index contributed by atoms with van der Waals surface area (Å²) in [5.41, 5.74) is 0. The van der Waals surface area contributed by atoms with E-state index in [4.69, 9.17) is 0 Å². The lowest BCUT2D eigenvalue weighted by atomic mass is 10.5. The van der Waals surface area contributed by atoms with Gasteiger partial charge in [-0.25, -0.2) is 0 Å². The number of nitrogens with zero attached hydrogens (tertiary/aromatic N) is 4. The molecule has 0 atom stereocenters. The Morgan fingerprint density at radius 3 is 3.21 bits per heavy atom. The lowest BCUT2D eigenvalue weighted by molar-refractivity contribution is 0.649. The molecule has 0 saturated carbocycles. The van der Waals surface area contributed by atoms with Crippen LogP contribution in [0.5, 0.6) is 0 Å². The van der Waals surface area contributed by atoms with E-state index in [0.29, 0.717) is 0 Å². The Hall–Kier alpha value is -1.59. The molecule has 2 heterocycles. The van der Waals surface area contributed by atoms with Gasteiger partial charge in [-0.2, -0.15) is 0 Å². The highest BCUT2D eigenvalue weighted by Crippen LogP contribution is 1.90. The van der Waals surface area contributed by atoms with E-state index in [1.807, 2.05) is 11.5 Å². The number of aliphatic imine (C=N–C) groups is 1. The minimum Gasteiger partial charge on any atom is -0.355 e. The second kappa shape index (κ2) is 4.08. The summed E-state index contributed by atoms with van der Waals surface area (Å²) in [5.74, 6) is 1.84. The summed E-state index contributed by atoms with van der Waals surface area (Å²) in [6.07, 6.45) is 1.74. The van der Waals surface area contributed by atoms with E-state index < -0.39 is 0 Å². The molecule has 0 spiro atoms. The SMILES string of the molecule is Cc1nncn1CCNC1=NCCN1. The molecule has 0 aromatic carbocycles. The van der Waals surface area contributed by atoms with E-state index in [1.54, 1.807) is 6.33 Å². The van der Waals surface area contributed by atoms with Crippen molar-refractivity contribution in [2.24, 2.45) is 4.99 Å². The Kier molecular flexibility index (Phi) is 2.62. The van der Waals surface area contributed by atoms with Crippen molar-refractivity contribution in [2.75, 3.05) is 19.6 Å². The molecule has 6 nitrogen and oxygen atoms in total. The van der Waals surface area contributed by atoms with Crippen LogP contribution in [0, 0.1) is 6.92 Å². The Labute approximate surface area is 82.4 Å². The molecule has 0 amide bonds. The van der Waals surface area contributed by atoms with Crippen molar-refractivity contribution in [2.45, 2.75) is 13.5 Å². The third kappa shape index (κ3) is 2.01. The maximum absolute atomic E-state index is 4.23. The molecule has 1 aliphatic rings. The molecule has 0 unspecified atom stereocenters. The zero-order valence-corrected chi connectivity index (χ0v) is 8.19. The van der Waals surface area contributed by atoms with Crippen molar-refractivity contribution < 1.29 is 0 Å². The first kappa shape index (κ1) is 8.98. The Bertz CT molecular complexity index is 328. The number of guanidine groups is 1. The van der Waals surface area contributed by atoms with E-state index in [1.165, 1.54) is 0 Å². The topological polar surface area (TPSA) is 67.1 Å². The normalized spacial score (nSPS) is 15.1. The van der Waals surface area contributed by atoms with Crippen LogP contribution in [0.15, 0.2) is 11.3 Å². The van der Waals surface area contributed by atoms with Crippen molar-refractivity contribution in [3.8, 4) is 0 Å². The summed E-state index contributed by atoms with van der Waals surface area (Å²) in [6, 6.07) is 0. The fourth-order valence-electron chi connectivity index (χ4n) is 1.34. The van der Waals surface area contributed by atoms with Crippen LogP contribution in [0.3, 0.4) is 0 Å². The lowest BCUT2D eigenvalue weighted by Gasteiger charge is -2.07. The van der Waals surface area contributed by atoms with Gasteiger partial charge < -0.3 is 15.2 Å². The standard InChI is InChI=1S/C8H14N6/c1-7-13-12-6-14(7)5-4-11-8-9-2-3-10-8/h6H,2-5H2,1H3,(H2,9,10,11). The second-order valence-corrected chi connectivity index (χ2v) is 3.16. The molecule has 76 valence electrons. The van der Waals surface area contributed by atoms with Crippen molar-refractivity contribution >= 4 is 5.96 Å². The molecule has 2 rings (SSSR count). The van der Waals surface area contributed by atoms with Crippen molar-refractivity contribution in [1.29, 1.82) is 0 Å². The van der Waals surface area contributed by atoms with Gasteiger partial charge in [0, 0.05) is 19.6 Å². The molecule has 1 aromatic heterocycles. The molecule has 0 fully saturated rings. The predicted molar refractivity (Wildman–Crippen MR) is 53.1 cm³/mol. The molecule has 0 saturated heterocycles. The first-order valence-electron chi connectivity index (χ1n) is 4.73. The second-order valence-electron chi connectivity index (χ2n) is 3.16. The molecular formula is C8H14N6. The highest BCUT2D eigenvalue weighted by atomic mass is 15.3. The third-order valence-corrected chi connectivity index (χ3v) is 2.13. The quantitative estimate of drug-likeness (QED) is 0.656. The highest BCUT2D eigenvalue weighted by molar-refractivity contribution is 5.81. The van der Waals surface area contributed by atoms with Gasteiger partial charge >= 0.3 is 0 Å². The van der Waals surface area contributed by atoms with Crippen LogP contribution in [-0.2, 0) is 6.54 Å². The molecule has 1 aromatic rings. The van der Waals surface area contributed by atoms with E-state index >= 15 is 0 Å². The van der Waals surface area contributed by atoms with Gasteiger partial charge in [0.1, 0.15) is 12.2 Å². The summed E-state index contributed by atoms with van der Waals surface area (Å²) in [4.78, 5) is 4.23. The van der Waals surface area contributed by atoms with Gasteiger partial charge in [-0.15, -0.1) is 10.2 Å². The van der Waals surface area contributed by atoms with Crippen LogP contribution in [-0.4, -0.2) is 40.4 Å². The van der Waals surface area contributed by atoms with Crippen LogP contribution in [0.25, 0.3) is 0 Å². The van der Waals surface area contributed by atoms with Crippen LogP contribution in [0.4, 0.5) is 0 Å². The Morgan fingerprint density at radius 2 is 2.57 bits per heavy atom. The smallest absolute Gasteiger partial charge is 0.191 e. The summed E-state index contributed by atoms with van der Waals surface area (Å²) < 4.78 is 2.00. The number of nitrogens with one attached hydrogen (secondary N) is 2. The number of hydrogen-bond acceptors (Lipinski definition) is 5. The minimum atomic E-state index is 0.838. The van der Waals surface area contributed by atoms with Crippen LogP contribution in [0.2, 0.25) is 0 Å².